The molecule has 1 unspecified atom stereocenters. The maximum atomic E-state index is 13.7. The molecular formula is C26H26F3N5O2. The van der Waals surface area contributed by atoms with Gasteiger partial charge in [-0.2, -0.15) is 0 Å². The molecule has 2 aromatic carbocycles. The van der Waals surface area contributed by atoms with Gasteiger partial charge >= 0.3 is 6.03 Å². The number of amides is 3. The van der Waals surface area contributed by atoms with E-state index in [1.54, 1.807) is 12.1 Å². The third-order valence-corrected chi connectivity index (χ3v) is 6.70. The summed E-state index contributed by atoms with van der Waals surface area (Å²) in [6, 6.07) is 7.90. The first-order valence-corrected chi connectivity index (χ1v) is 11.7. The van der Waals surface area contributed by atoms with E-state index >= 15 is 0 Å². The number of hydrogen-bond acceptors (Lipinski definition) is 3. The molecule has 2 heterocycles. The van der Waals surface area contributed by atoms with Crippen LogP contribution in [-0.2, 0) is 10.3 Å². The van der Waals surface area contributed by atoms with E-state index in [0.717, 1.165) is 24.2 Å². The molecule has 7 nitrogen and oxygen atoms in total. The zero-order chi connectivity index (χ0) is 25.7. The van der Waals surface area contributed by atoms with Crippen molar-refractivity contribution in [3.05, 3.63) is 94.2 Å². The normalized spacial score (nSPS) is 19.4. The average molecular weight is 498 g/mol. The van der Waals surface area contributed by atoms with Gasteiger partial charge in [-0.3, -0.25) is 4.79 Å². The molecule has 0 aromatic heterocycles. The molecule has 0 saturated carbocycles. The van der Waals surface area contributed by atoms with Gasteiger partial charge in [-0.05, 0) is 54.9 Å². The van der Waals surface area contributed by atoms with Crippen LogP contribution in [0.5, 0.6) is 0 Å². The molecule has 1 atom stereocenters. The topological polar surface area (TPSA) is 77.8 Å². The van der Waals surface area contributed by atoms with E-state index in [1.165, 1.54) is 24.4 Å². The number of rotatable bonds is 7. The first-order chi connectivity index (χ1) is 17.3. The number of hydrogen-bond donors (Lipinski definition) is 3. The van der Waals surface area contributed by atoms with Crippen LogP contribution in [0, 0.1) is 24.0 Å². The Hall–Kier alpha value is -3.84. The van der Waals surface area contributed by atoms with Crippen LogP contribution in [0.4, 0.5) is 18.0 Å². The van der Waals surface area contributed by atoms with E-state index in [0.29, 0.717) is 38.9 Å². The van der Waals surface area contributed by atoms with Gasteiger partial charge in [0.05, 0.1) is 11.6 Å². The Balaban J connectivity index is 1.28. The van der Waals surface area contributed by atoms with Crippen molar-refractivity contribution in [1.82, 2.24) is 20.9 Å². The van der Waals surface area contributed by atoms with Gasteiger partial charge in [0.25, 0.3) is 11.4 Å². The van der Waals surface area contributed by atoms with Crippen molar-refractivity contribution >= 4 is 11.9 Å². The number of nitrogens with one attached hydrogen (secondary N) is 3. The molecule has 36 heavy (non-hydrogen) atoms. The molecule has 2 aromatic rings. The first-order valence-electron chi connectivity index (χ1n) is 11.7. The zero-order valence-electron chi connectivity index (χ0n) is 19.5. The predicted octanol–water partition coefficient (Wildman–Crippen LogP) is 3.76. The van der Waals surface area contributed by atoms with E-state index in [2.05, 4.69) is 25.7 Å². The van der Waals surface area contributed by atoms with Crippen molar-refractivity contribution in [3.8, 4) is 0 Å². The number of urea groups is 1. The Morgan fingerprint density at radius 3 is 2.50 bits per heavy atom. The number of likely N-dealkylation sites (tertiary alicyclic amines) is 1. The lowest BCUT2D eigenvalue weighted by Gasteiger charge is -2.34. The van der Waals surface area contributed by atoms with E-state index in [-0.39, 0.29) is 17.0 Å². The van der Waals surface area contributed by atoms with Crippen LogP contribution in [0.1, 0.15) is 36.4 Å². The molecule has 0 bridgehead atoms. The fourth-order valence-electron chi connectivity index (χ4n) is 4.61. The summed E-state index contributed by atoms with van der Waals surface area (Å²) in [6.07, 6.45) is 3.21. The second-order valence-corrected chi connectivity index (χ2v) is 8.93. The molecule has 0 spiro atoms. The van der Waals surface area contributed by atoms with Crippen molar-refractivity contribution in [2.45, 2.75) is 30.8 Å². The Bertz CT molecular complexity index is 1200. The van der Waals surface area contributed by atoms with Gasteiger partial charge < -0.3 is 25.7 Å². The number of piperidine rings is 1. The molecule has 3 N–H and O–H groups in total. The van der Waals surface area contributed by atoms with Crippen molar-refractivity contribution in [1.29, 1.82) is 0 Å². The highest BCUT2D eigenvalue weighted by atomic mass is 19.2. The molecule has 1 saturated heterocycles. The maximum Gasteiger partial charge on any atom is 0.319 e. The lowest BCUT2D eigenvalue weighted by atomic mass is 9.81. The van der Waals surface area contributed by atoms with Crippen LogP contribution in [0.2, 0.25) is 0 Å². The average Bonchev–Trinajstić information content (AvgIpc) is 2.89. The second-order valence-electron chi connectivity index (χ2n) is 8.93. The van der Waals surface area contributed by atoms with Gasteiger partial charge in [0.2, 0.25) is 0 Å². The summed E-state index contributed by atoms with van der Waals surface area (Å²) in [5.74, 6) is -2.84. The highest BCUT2D eigenvalue weighted by Gasteiger charge is 2.42. The van der Waals surface area contributed by atoms with Gasteiger partial charge in [-0.15, -0.1) is 0 Å². The minimum absolute atomic E-state index is 0.180. The summed E-state index contributed by atoms with van der Waals surface area (Å²) in [7, 11) is 0. The molecule has 2 aliphatic rings. The quantitative estimate of drug-likeness (QED) is 0.403. The first kappa shape index (κ1) is 25.3. The Morgan fingerprint density at radius 1 is 1.11 bits per heavy atom. The molecule has 3 amide bonds. The lowest BCUT2D eigenvalue weighted by Crippen LogP contribution is -2.45. The largest absolute Gasteiger partial charge is 0.352 e. The van der Waals surface area contributed by atoms with Gasteiger partial charge in [0.1, 0.15) is 5.82 Å². The molecule has 2 aliphatic heterocycles. The van der Waals surface area contributed by atoms with Crippen LogP contribution in [0.15, 0.2) is 54.2 Å². The smallest absolute Gasteiger partial charge is 0.319 e. The minimum Gasteiger partial charge on any atom is -0.352 e. The van der Waals surface area contributed by atoms with Crippen LogP contribution in [-0.4, -0.2) is 43.0 Å². The fraction of sp³-hybridized carbons (Fsp3) is 0.346. The highest BCUT2D eigenvalue weighted by Crippen LogP contribution is 2.37. The lowest BCUT2D eigenvalue weighted by molar-refractivity contribution is -0.117. The van der Waals surface area contributed by atoms with Crippen molar-refractivity contribution < 1.29 is 22.8 Å². The van der Waals surface area contributed by atoms with E-state index < -0.39 is 35.2 Å². The van der Waals surface area contributed by atoms with E-state index in [1.807, 2.05) is 0 Å². The van der Waals surface area contributed by atoms with Gasteiger partial charge in [-0.25, -0.2) is 24.5 Å². The Labute approximate surface area is 207 Å². The Kier molecular flexibility index (Phi) is 7.60. The number of benzene rings is 2. The highest BCUT2D eigenvalue weighted by molar-refractivity contribution is 5.97. The van der Waals surface area contributed by atoms with Gasteiger partial charge in [-0.1, -0.05) is 6.07 Å². The summed E-state index contributed by atoms with van der Waals surface area (Å²) in [5, 5.41) is 7.79. The van der Waals surface area contributed by atoms with Gasteiger partial charge in [0, 0.05) is 44.2 Å². The van der Waals surface area contributed by atoms with Crippen molar-refractivity contribution in [3.63, 3.8) is 0 Å². The van der Waals surface area contributed by atoms with Crippen LogP contribution in [0.3, 0.4) is 0 Å². The van der Waals surface area contributed by atoms with E-state index in [4.69, 9.17) is 6.57 Å². The summed E-state index contributed by atoms with van der Waals surface area (Å²) in [4.78, 5) is 30.7. The molecule has 0 aliphatic carbocycles. The van der Waals surface area contributed by atoms with Crippen LogP contribution in [0.25, 0.3) is 4.85 Å². The SMILES string of the molecule is [C-]#[N+]C1(c2ccc(F)cc2)CCN(CCCNC(=O)C2=CNC(=O)NC2c2ccc(F)c(F)c2)CC1. The third kappa shape index (κ3) is 5.52. The van der Waals surface area contributed by atoms with Gasteiger partial charge in [0.15, 0.2) is 11.6 Å². The number of carbonyl (C=O) groups excluding carboxylic acids is 2. The maximum absolute atomic E-state index is 13.7. The summed E-state index contributed by atoms with van der Waals surface area (Å²) >= 11 is 0. The Morgan fingerprint density at radius 2 is 1.83 bits per heavy atom. The van der Waals surface area contributed by atoms with Crippen LogP contribution >= 0.6 is 0 Å². The number of halogens is 3. The molecular weight excluding hydrogens is 471 g/mol. The second kappa shape index (κ2) is 10.8. The number of nitrogens with zero attached hydrogens (tertiary/aromatic N) is 2. The molecule has 1 fully saturated rings. The monoisotopic (exact) mass is 497 g/mol. The molecule has 10 heteroatoms. The standard InChI is InChI=1S/C26H26F3N5O2/c1-30-26(18-4-6-19(27)7-5-18)9-13-34(14-10-26)12-2-11-31-24(35)20-16-32-25(36)33-23(20)17-3-8-21(28)22(29)15-17/h3-8,15-16,23H,2,9-14H2,(H,31,35)(H2,32,33,36). The molecule has 4 rings (SSSR count). The van der Waals surface area contributed by atoms with Crippen LogP contribution < -0.4 is 16.0 Å². The summed E-state index contributed by atoms with van der Waals surface area (Å²) in [5.41, 5.74) is 0.628. The third-order valence-electron chi connectivity index (χ3n) is 6.70. The fourth-order valence-corrected chi connectivity index (χ4v) is 4.61. The predicted molar refractivity (Wildman–Crippen MR) is 127 cm³/mol. The molecule has 0 radical (unpaired) electrons. The van der Waals surface area contributed by atoms with Crippen molar-refractivity contribution in [2.24, 2.45) is 0 Å². The summed E-state index contributed by atoms with van der Waals surface area (Å²) in [6.45, 7) is 10.2. The van der Waals surface area contributed by atoms with E-state index in [9.17, 15) is 22.8 Å². The number of carbonyl (C=O) groups is 2. The zero-order valence-corrected chi connectivity index (χ0v) is 19.5. The van der Waals surface area contributed by atoms with Crippen molar-refractivity contribution in [2.75, 3.05) is 26.2 Å². The summed E-state index contributed by atoms with van der Waals surface area (Å²) < 4.78 is 40.3. The minimum atomic E-state index is -1.07. The molecule has 188 valence electrons.